The zero-order chi connectivity index (χ0) is 12.3. The molecule has 1 aromatic heterocycles. The molecule has 0 amide bonds. The summed E-state index contributed by atoms with van der Waals surface area (Å²) in [6.07, 6.45) is 1.90. The van der Waals surface area contributed by atoms with Crippen molar-refractivity contribution < 1.29 is 4.42 Å². The fourth-order valence-electron chi connectivity index (χ4n) is 1.63. The second-order valence-electron chi connectivity index (χ2n) is 5.77. The molecule has 92 valence electrons. The van der Waals surface area contributed by atoms with Crippen LogP contribution in [0.15, 0.2) is 16.5 Å². The second kappa shape index (κ2) is 5.05. The van der Waals surface area contributed by atoms with E-state index in [1.165, 1.54) is 0 Å². The van der Waals surface area contributed by atoms with E-state index in [1.54, 1.807) is 0 Å². The Morgan fingerprint density at radius 1 is 1.31 bits per heavy atom. The van der Waals surface area contributed by atoms with Crippen molar-refractivity contribution >= 4 is 0 Å². The average Bonchev–Trinajstić information content (AvgIpc) is 2.64. The summed E-state index contributed by atoms with van der Waals surface area (Å²) >= 11 is 0. The maximum absolute atomic E-state index is 6.17. The first kappa shape index (κ1) is 13.3. The molecule has 2 heteroatoms. The van der Waals surface area contributed by atoms with Gasteiger partial charge in [0.1, 0.15) is 11.5 Å². The van der Waals surface area contributed by atoms with Gasteiger partial charge in [0, 0.05) is 6.42 Å². The minimum atomic E-state index is 0.0227. The lowest BCUT2D eigenvalue weighted by Crippen LogP contribution is -2.23. The van der Waals surface area contributed by atoms with Gasteiger partial charge in [-0.15, -0.1) is 0 Å². The van der Waals surface area contributed by atoms with Crippen LogP contribution < -0.4 is 5.73 Å². The maximum atomic E-state index is 6.17. The number of furan rings is 1. The number of aryl methyl sites for hydroxylation is 1. The molecule has 0 spiro atoms. The smallest absolute Gasteiger partial charge is 0.120 e. The van der Waals surface area contributed by atoms with Gasteiger partial charge in [-0.05, 0) is 29.9 Å². The predicted molar refractivity (Wildman–Crippen MR) is 68.3 cm³/mol. The van der Waals surface area contributed by atoms with E-state index in [0.717, 1.165) is 24.4 Å². The first-order valence-electron chi connectivity index (χ1n) is 6.18. The van der Waals surface area contributed by atoms with Crippen LogP contribution in [0.4, 0.5) is 0 Å². The van der Waals surface area contributed by atoms with Crippen molar-refractivity contribution in [1.29, 1.82) is 0 Å². The Bertz CT molecular complexity index is 322. The van der Waals surface area contributed by atoms with Gasteiger partial charge in [0.15, 0.2) is 0 Å². The van der Waals surface area contributed by atoms with Gasteiger partial charge in [-0.25, -0.2) is 0 Å². The molecule has 0 aliphatic rings. The largest absolute Gasteiger partial charge is 0.464 e. The first-order chi connectivity index (χ1) is 7.34. The van der Waals surface area contributed by atoms with Crippen molar-refractivity contribution in [2.24, 2.45) is 17.1 Å². The van der Waals surface area contributed by atoms with E-state index in [-0.39, 0.29) is 6.04 Å². The summed E-state index contributed by atoms with van der Waals surface area (Å²) in [5.74, 6) is 2.53. The monoisotopic (exact) mass is 223 g/mol. The molecule has 0 radical (unpaired) electrons. The highest BCUT2D eigenvalue weighted by atomic mass is 16.3. The van der Waals surface area contributed by atoms with E-state index < -0.39 is 0 Å². The fourth-order valence-corrected chi connectivity index (χ4v) is 1.63. The zero-order valence-electron chi connectivity index (χ0n) is 11.2. The molecule has 16 heavy (non-hydrogen) atoms. The van der Waals surface area contributed by atoms with Gasteiger partial charge < -0.3 is 10.2 Å². The highest BCUT2D eigenvalue weighted by molar-refractivity contribution is 5.10. The molecule has 2 unspecified atom stereocenters. The Balaban J connectivity index is 2.61. The van der Waals surface area contributed by atoms with Crippen molar-refractivity contribution in [2.45, 2.75) is 53.5 Å². The van der Waals surface area contributed by atoms with E-state index in [2.05, 4.69) is 34.6 Å². The molecule has 0 saturated heterocycles. The van der Waals surface area contributed by atoms with E-state index in [9.17, 15) is 0 Å². The summed E-state index contributed by atoms with van der Waals surface area (Å²) in [7, 11) is 0. The van der Waals surface area contributed by atoms with Crippen molar-refractivity contribution in [3.63, 3.8) is 0 Å². The molecule has 2 atom stereocenters. The second-order valence-corrected chi connectivity index (χ2v) is 5.77. The van der Waals surface area contributed by atoms with E-state index in [4.69, 9.17) is 10.2 Å². The molecule has 0 fully saturated rings. The third kappa shape index (κ3) is 3.38. The molecule has 1 heterocycles. The fraction of sp³-hybridized carbons (Fsp3) is 0.714. The number of rotatable bonds is 4. The lowest BCUT2D eigenvalue weighted by molar-refractivity contribution is 0.226. The van der Waals surface area contributed by atoms with E-state index in [1.807, 2.05) is 12.1 Å². The van der Waals surface area contributed by atoms with Gasteiger partial charge in [0.25, 0.3) is 0 Å². The van der Waals surface area contributed by atoms with E-state index >= 15 is 0 Å². The molecular formula is C14H25NO. The molecule has 0 aliphatic heterocycles. The van der Waals surface area contributed by atoms with Crippen LogP contribution in [-0.4, -0.2) is 0 Å². The van der Waals surface area contributed by atoms with Crippen LogP contribution in [0, 0.1) is 11.3 Å². The van der Waals surface area contributed by atoms with Gasteiger partial charge in [-0.2, -0.15) is 0 Å². The van der Waals surface area contributed by atoms with Gasteiger partial charge in [0.05, 0.1) is 6.04 Å². The summed E-state index contributed by atoms with van der Waals surface area (Å²) < 4.78 is 5.68. The van der Waals surface area contributed by atoms with Crippen LogP contribution in [0.25, 0.3) is 0 Å². The number of hydrogen-bond donors (Lipinski definition) is 1. The maximum Gasteiger partial charge on any atom is 0.120 e. The number of hydrogen-bond acceptors (Lipinski definition) is 2. The standard InChI is InChI=1S/C14H25NO/c1-6-11-7-8-13(16-11)12(15)9-10(2)14(3,4)5/h7-8,10,12H,6,9,15H2,1-5H3. The third-order valence-electron chi connectivity index (χ3n) is 3.48. The normalized spacial score (nSPS) is 16.1. The highest BCUT2D eigenvalue weighted by Gasteiger charge is 2.23. The van der Waals surface area contributed by atoms with Crippen LogP contribution in [0.3, 0.4) is 0 Å². The Morgan fingerprint density at radius 2 is 1.94 bits per heavy atom. The van der Waals surface area contributed by atoms with Crippen molar-refractivity contribution in [1.82, 2.24) is 0 Å². The molecule has 1 rings (SSSR count). The average molecular weight is 223 g/mol. The van der Waals surface area contributed by atoms with Gasteiger partial charge in [-0.3, -0.25) is 0 Å². The zero-order valence-corrected chi connectivity index (χ0v) is 11.2. The quantitative estimate of drug-likeness (QED) is 0.840. The molecule has 0 bridgehead atoms. The van der Waals surface area contributed by atoms with Crippen molar-refractivity contribution in [3.05, 3.63) is 23.7 Å². The van der Waals surface area contributed by atoms with E-state index in [0.29, 0.717) is 11.3 Å². The van der Waals surface area contributed by atoms with Crippen LogP contribution >= 0.6 is 0 Å². The summed E-state index contributed by atoms with van der Waals surface area (Å²) in [5.41, 5.74) is 6.47. The molecular weight excluding hydrogens is 198 g/mol. The number of nitrogens with two attached hydrogens (primary N) is 1. The van der Waals surface area contributed by atoms with Crippen LogP contribution in [0.2, 0.25) is 0 Å². The van der Waals surface area contributed by atoms with Crippen molar-refractivity contribution in [3.8, 4) is 0 Å². The Morgan fingerprint density at radius 3 is 2.38 bits per heavy atom. The third-order valence-corrected chi connectivity index (χ3v) is 3.48. The molecule has 0 aromatic carbocycles. The molecule has 0 saturated carbocycles. The van der Waals surface area contributed by atoms with Crippen LogP contribution in [0.1, 0.15) is 58.6 Å². The topological polar surface area (TPSA) is 39.2 Å². The summed E-state index contributed by atoms with van der Waals surface area (Å²) in [6, 6.07) is 4.06. The van der Waals surface area contributed by atoms with Gasteiger partial charge in [0.2, 0.25) is 0 Å². The van der Waals surface area contributed by atoms with Crippen molar-refractivity contribution in [2.75, 3.05) is 0 Å². The molecule has 1 aromatic rings. The van der Waals surface area contributed by atoms with Gasteiger partial charge >= 0.3 is 0 Å². The summed E-state index contributed by atoms with van der Waals surface area (Å²) in [6.45, 7) is 11.1. The Kier molecular flexibility index (Phi) is 4.20. The molecule has 2 N–H and O–H groups in total. The van der Waals surface area contributed by atoms with Gasteiger partial charge in [-0.1, -0.05) is 34.6 Å². The first-order valence-corrected chi connectivity index (χ1v) is 6.18. The lowest BCUT2D eigenvalue weighted by Gasteiger charge is -2.28. The lowest BCUT2D eigenvalue weighted by atomic mass is 9.78. The molecule has 0 aliphatic carbocycles. The molecule has 2 nitrogen and oxygen atoms in total. The summed E-state index contributed by atoms with van der Waals surface area (Å²) in [5, 5.41) is 0. The SMILES string of the molecule is CCc1ccc(C(N)CC(C)C(C)(C)C)o1. The Hall–Kier alpha value is -0.760. The van der Waals surface area contributed by atoms with Crippen LogP contribution in [-0.2, 0) is 6.42 Å². The summed E-state index contributed by atoms with van der Waals surface area (Å²) in [4.78, 5) is 0. The minimum absolute atomic E-state index is 0.0227. The predicted octanol–water partition coefficient (Wildman–Crippen LogP) is 3.91. The van der Waals surface area contributed by atoms with Crippen LogP contribution in [0.5, 0.6) is 0 Å². The Labute approximate surface area is 99.2 Å². The highest BCUT2D eigenvalue weighted by Crippen LogP contribution is 2.32. The minimum Gasteiger partial charge on any atom is -0.464 e.